The summed E-state index contributed by atoms with van der Waals surface area (Å²) in [5, 5.41) is 10.1. The fraction of sp³-hybridized carbons (Fsp3) is 0.833. The third kappa shape index (κ3) is 34.6. The second-order valence-electron chi connectivity index (χ2n) is 16.2. The average Bonchev–Trinajstić information content (AvgIpc) is 3.93. The summed E-state index contributed by atoms with van der Waals surface area (Å²) in [5.74, 6) is 0.287. The molecule has 0 aromatic rings. The van der Waals surface area contributed by atoms with Gasteiger partial charge < -0.3 is 19.3 Å². The highest BCUT2D eigenvalue weighted by Crippen LogP contribution is 2.30. The number of rotatable bonds is 40. The van der Waals surface area contributed by atoms with E-state index in [-0.39, 0.29) is 25.2 Å². The Morgan fingerprint density at radius 2 is 1.04 bits per heavy atom. The molecule has 0 saturated carbocycles. The molecule has 1 heterocycles. The van der Waals surface area contributed by atoms with Crippen LogP contribution in [0.1, 0.15) is 220 Å². The van der Waals surface area contributed by atoms with Gasteiger partial charge in [-0.1, -0.05) is 198 Å². The largest absolute Gasteiger partial charge is 0.463 e. The molecule has 314 valence electrons. The van der Waals surface area contributed by atoms with Crippen LogP contribution in [0.15, 0.2) is 36.5 Å². The van der Waals surface area contributed by atoms with Crippen molar-refractivity contribution in [2.75, 3.05) is 13.2 Å². The Morgan fingerprint density at radius 1 is 0.574 bits per heavy atom. The van der Waals surface area contributed by atoms with E-state index in [1.54, 1.807) is 0 Å². The zero-order valence-electron chi connectivity index (χ0n) is 35.6. The minimum Gasteiger partial charge on any atom is -0.463 e. The predicted octanol–water partition coefficient (Wildman–Crippen LogP) is 13.6. The molecule has 3 unspecified atom stereocenters. The van der Waals surface area contributed by atoms with E-state index in [0.29, 0.717) is 31.5 Å². The number of ether oxygens (including phenoxy) is 3. The number of aliphatic hydroxyl groups is 1. The van der Waals surface area contributed by atoms with Crippen LogP contribution >= 0.6 is 0 Å². The molecule has 1 saturated heterocycles. The molecule has 0 bridgehead atoms. The predicted molar refractivity (Wildman–Crippen MR) is 228 cm³/mol. The number of hydrogen-bond acceptors (Lipinski definition) is 6. The van der Waals surface area contributed by atoms with Gasteiger partial charge in [0.25, 0.3) is 0 Å². The van der Waals surface area contributed by atoms with E-state index in [0.717, 1.165) is 50.9 Å². The highest BCUT2D eigenvalue weighted by Gasteiger charge is 2.36. The number of esters is 2. The van der Waals surface area contributed by atoms with Crippen molar-refractivity contribution in [3.05, 3.63) is 36.5 Å². The number of epoxide rings is 1. The molecule has 54 heavy (non-hydrogen) atoms. The third-order valence-electron chi connectivity index (χ3n) is 10.8. The molecule has 1 aliphatic heterocycles. The highest BCUT2D eigenvalue weighted by atomic mass is 16.6. The fourth-order valence-corrected chi connectivity index (χ4v) is 6.86. The molecule has 1 N–H and O–H groups in total. The van der Waals surface area contributed by atoms with Gasteiger partial charge in [0.05, 0.1) is 12.2 Å². The Hall–Kier alpha value is -1.92. The molecule has 0 aliphatic carbocycles. The summed E-state index contributed by atoms with van der Waals surface area (Å²) < 4.78 is 16.1. The number of aliphatic hydroxyl groups excluding tert-OH is 1. The smallest absolute Gasteiger partial charge is 0.305 e. The molecule has 6 heteroatoms. The number of hydrogen-bond donors (Lipinski definition) is 1. The minimum atomic E-state index is -0.988. The normalized spacial score (nSPS) is 16.8. The lowest BCUT2D eigenvalue weighted by molar-refractivity contribution is -0.152. The molecule has 0 aromatic carbocycles. The minimum absolute atomic E-state index is 0.134. The van der Waals surface area contributed by atoms with Crippen molar-refractivity contribution < 1.29 is 28.9 Å². The summed E-state index contributed by atoms with van der Waals surface area (Å²) in [7, 11) is 0. The highest BCUT2D eigenvalue weighted by molar-refractivity contribution is 5.69. The van der Waals surface area contributed by atoms with E-state index in [9.17, 15) is 14.7 Å². The van der Waals surface area contributed by atoms with Crippen molar-refractivity contribution in [3.63, 3.8) is 0 Å². The van der Waals surface area contributed by atoms with Crippen molar-refractivity contribution in [1.82, 2.24) is 0 Å². The average molecular weight is 759 g/mol. The topological polar surface area (TPSA) is 85.4 Å². The number of carbonyl (C=O) groups is 2. The van der Waals surface area contributed by atoms with Gasteiger partial charge in [-0.25, -0.2) is 0 Å². The van der Waals surface area contributed by atoms with Gasteiger partial charge in [0, 0.05) is 12.8 Å². The quantitative estimate of drug-likeness (QED) is 0.0290. The first-order chi connectivity index (χ1) is 26.5. The first kappa shape index (κ1) is 50.1. The maximum Gasteiger partial charge on any atom is 0.305 e. The summed E-state index contributed by atoms with van der Waals surface area (Å²) in [5.41, 5.74) is 0. The van der Waals surface area contributed by atoms with Gasteiger partial charge in [-0.2, -0.15) is 0 Å². The van der Waals surface area contributed by atoms with E-state index in [1.807, 2.05) is 0 Å². The van der Waals surface area contributed by atoms with Gasteiger partial charge in [-0.05, 0) is 50.9 Å². The lowest BCUT2D eigenvalue weighted by Crippen LogP contribution is -2.25. The molecule has 0 spiro atoms. The molecule has 1 fully saturated rings. The van der Waals surface area contributed by atoms with Gasteiger partial charge in [0.2, 0.25) is 0 Å². The lowest BCUT2D eigenvalue weighted by Gasteiger charge is -2.12. The molecular formula is C48H86O6. The van der Waals surface area contributed by atoms with Crippen molar-refractivity contribution in [1.29, 1.82) is 0 Å². The molecule has 4 atom stereocenters. The maximum atomic E-state index is 12.0. The Labute approximate surface area is 333 Å². The summed E-state index contributed by atoms with van der Waals surface area (Å²) in [6.45, 7) is 6.64. The van der Waals surface area contributed by atoms with Gasteiger partial charge >= 0.3 is 11.9 Å². The number of unbranched alkanes of at least 4 members (excludes halogenated alkanes) is 20. The van der Waals surface area contributed by atoms with Gasteiger partial charge in [-0.15, -0.1) is 0 Å². The van der Waals surface area contributed by atoms with Crippen LogP contribution in [-0.4, -0.2) is 48.6 Å². The zero-order chi connectivity index (χ0) is 39.2. The Bertz CT molecular complexity index is 941. The van der Waals surface area contributed by atoms with E-state index < -0.39 is 6.10 Å². The molecule has 6 nitrogen and oxygen atoms in total. The van der Waals surface area contributed by atoms with Gasteiger partial charge in [0.15, 0.2) is 0 Å². The van der Waals surface area contributed by atoms with Crippen LogP contribution in [0, 0.1) is 5.92 Å². The Kier molecular flexibility index (Phi) is 35.2. The third-order valence-corrected chi connectivity index (χ3v) is 10.8. The van der Waals surface area contributed by atoms with E-state index >= 15 is 0 Å². The number of allylic oxidation sites excluding steroid dienone is 5. The van der Waals surface area contributed by atoms with Crippen LogP contribution in [0.5, 0.6) is 0 Å². The molecule has 0 aromatic heterocycles. The monoisotopic (exact) mass is 759 g/mol. The summed E-state index contributed by atoms with van der Waals surface area (Å²) in [4.78, 5) is 24.0. The van der Waals surface area contributed by atoms with Crippen molar-refractivity contribution in [2.45, 2.75) is 238 Å². The Morgan fingerprint density at radius 3 is 1.56 bits per heavy atom. The maximum absolute atomic E-state index is 12.0. The summed E-state index contributed by atoms with van der Waals surface area (Å²) in [6, 6.07) is 0. The fourth-order valence-electron chi connectivity index (χ4n) is 6.86. The van der Waals surface area contributed by atoms with Crippen LogP contribution < -0.4 is 0 Å². The van der Waals surface area contributed by atoms with Crippen LogP contribution in [0.3, 0.4) is 0 Å². The van der Waals surface area contributed by atoms with Crippen LogP contribution in [0.25, 0.3) is 0 Å². The van der Waals surface area contributed by atoms with Gasteiger partial charge in [0.1, 0.15) is 19.3 Å². The summed E-state index contributed by atoms with van der Waals surface area (Å²) >= 11 is 0. The van der Waals surface area contributed by atoms with E-state index in [4.69, 9.17) is 14.2 Å². The van der Waals surface area contributed by atoms with Crippen molar-refractivity contribution in [3.8, 4) is 0 Å². The summed E-state index contributed by atoms with van der Waals surface area (Å²) in [6.07, 6.45) is 49.6. The van der Waals surface area contributed by atoms with Crippen LogP contribution in [-0.2, 0) is 23.8 Å². The van der Waals surface area contributed by atoms with Crippen LogP contribution in [0.2, 0.25) is 0 Å². The molecule has 1 aliphatic rings. The zero-order valence-corrected chi connectivity index (χ0v) is 35.6. The Balaban J connectivity index is 1.80. The standard InChI is InChI=1S/C48H86O6/c1-4-6-31-37-45-46(54-45)38-33-28-24-20-17-18-22-26-30-35-40-48(51)53-42-44(49)41-52-47(50)39-34-29-25-21-16-14-12-10-8-7-9-11-13-15-19-23-27-32-36-43(3)5-2/h17,20,22,26,28,33,43-46,49H,4-16,18-19,21,23-25,27,29-32,34-42H2,1-3H3/b20-17-,26-22-,33-28-/t43?,44-,45?,46?/m0/s1. The number of carbonyl (C=O) groups excluding carboxylic acids is 2. The SMILES string of the molecule is CCCCCC1OC1C/C=C\C/C=C\C/C=C\CCCC(=O)OC[C@@H](O)COC(=O)CCCCCCCCCCCCCCCCCCCCC(C)CC. The second-order valence-corrected chi connectivity index (χ2v) is 16.2. The molecule has 0 radical (unpaired) electrons. The van der Waals surface area contributed by atoms with Crippen molar-refractivity contribution >= 4 is 11.9 Å². The lowest BCUT2D eigenvalue weighted by atomic mass is 9.99. The second kappa shape index (κ2) is 38.0. The van der Waals surface area contributed by atoms with E-state index in [2.05, 4.69) is 57.2 Å². The van der Waals surface area contributed by atoms with Gasteiger partial charge in [-0.3, -0.25) is 9.59 Å². The van der Waals surface area contributed by atoms with E-state index in [1.165, 1.54) is 135 Å². The molecule has 0 amide bonds. The van der Waals surface area contributed by atoms with Crippen molar-refractivity contribution in [2.24, 2.45) is 5.92 Å². The first-order valence-electron chi connectivity index (χ1n) is 23.1. The molecule has 1 rings (SSSR count). The van der Waals surface area contributed by atoms with Crippen LogP contribution in [0.4, 0.5) is 0 Å². The first-order valence-corrected chi connectivity index (χ1v) is 23.1. The molecular weight excluding hydrogens is 673 g/mol.